The van der Waals surface area contributed by atoms with Gasteiger partial charge in [-0.3, -0.25) is 4.79 Å². The Balaban J connectivity index is 2.42. The van der Waals surface area contributed by atoms with Crippen LogP contribution in [-0.2, 0) is 19.1 Å². The smallest absolute Gasteiger partial charge is 0.330 e. The van der Waals surface area contributed by atoms with Crippen LogP contribution in [0.3, 0.4) is 0 Å². The first-order valence-corrected chi connectivity index (χ1v) is 7.92. The van der Waals surface area contributed by atoms with Crippen molar-refractivity contribution in [3.05, 3.63) is 0 Å². The fourth-order valence-corrected chi connectivity index (χ4v) is 2.88. The Morgan fingerprint density at radius 1 is 1.41 bits per heavy atom. The maximum atomic E-state index is 11.8. The second kappa shape index (κ2) is 8.48. The number of esters is 1. The molecule has 0 bridgehead atoms. The van der Waals surface area contributed by atoms with E-state index in [9.17, 15) is 9.59 Å². The third-order valence-corrected chi connectivity index (χ3v) is 4.82. The summed E-state index contributed by atoms with van der Waals surface area (Å²) < 4.78 is 10.2. The number of hydrogen-bond donors (Lipinski definition) is 2. The molecule has 0 saturated heterocycles. The van der Waals surface area contributed by atoms with Crippen molar-refractivity contribution < 1.29 is 24.2 Å². The Bertz CT molecular complexity index is 385. The lowest BCUT2D eigenvalue weighted by atomic mass is 9.67. The molecule has 0 aliphatic heterocycles. The lowest BCUT2D eigenvalue weighted by Crippen LogP contribution is -2.46. The van der Waals surface area contributed by atoms with Crippen molar-refractivity contribution in [1.82, 2.24) is 5.32 Å². The second-order valence-corrected chi connectivity index (χ2v) is 6.66. The standard InChI is InChI=1S/C16H29NO5/c1-11(2)16(3)7-5-6-12(8-16)22-10-14(19)17-13(9-18)15(20)21-4/h11-13,18H,5-10H2,1-4H3,(H,17,19)/t12?,13-,16?/m1/s1. The fraction of sp³-hybridized carbons (Fsp3) is 0.875. The Morgan fingerprint density at radius 3 is 2.64 bits per heavy atom. The minimum Gasteiger partial charge on any atom is -0.467 e. The average molecular weight is 315 g/mol. The molecule has 0 aromatic rings. The first-order chi connectivity index (χ1) is 10.3. The van der Waals surface area contributed by atoms with E-state index >= 15 is 0 Å². The number of ether oxygens (including phenoxy) is 2. The van der Waals surface area contributed by atoms with E-state index in [1.165, 1.54) is 13.5 Å². The maximum Gasteiger partial charge on any atom is 0.330 e. The van der Waals surface area contributed by atoms with Gasteiger partial charge in [-0.15, -0.1) is 0 Å². The molecular weight excluding hydrogens is 286 g/mol. The van der Waals surface area contributed by atoms with Crippen molar-refractivity contribution in [3.63, 3.8) is 0 Å². The van der Waals surface area contributed by atoms with Crippen molar-refractivity contribution in [2.75, 3.05) is 20.3 Å². The monoisotopic (exact) mass is 315 g/mol. The van der Waals surface area contributed by atoms with Crippen LogP contribution in [0.15, 0.2) is 0 Å². The first-order valence-electron chi connectivity index (χ1n) is 7.92. The van der Waals surface area contributed by atoms with Gasteiger partial charge < -0.3 is 19.9 Å². The molecule has 0 aromatic carbocycles. The fourth-order valence-electron chi connectivity index (χ4n) is 2.88. The number of aliphatic hydroxyl groups excluding tert-OH is 1. The third-order valence-electron chi connectivity index (χ3n) is 4.82. The Kier molecular flexibility index (Phi) is 7.29. The molecule has 1 aliphatic carbocycles. The zero-order valence-corrected chi connectivity index (χ0v) is 14.1. The molecule has 6 nitrogen and oxygen atoms in total. The van der Waals surface area contributed by atoms with Crippen molar-refractivity contribution in [2.45, 2.75) is 58.6 Å². The van der Waals surface area contributed by atoms with Gasteiger partial charge in [-0.1, -0.05) is 27.2 Å². The largest absolute Gasteiger partial charge is 0.467 e. The van der Waals surface area contributed by atoms with Crippen LogP contribution >= 0.6 is 0 Å². The predicted octanol–water partition coefficient (Wildman–Crippen LogP) is 1.26. The van der Waals surface area contributed by atoms with E-state index in [1.807, 2.05) is 0 Å². The van der Waals surface area contributed by atoms with Gasteiger partial charge in [0.2, 0.25) is 5.91 Å². The summed E-state index contributed by atoms with van der Waals surface area (Å²) in [5, 5.41) is 11.5. The van der Waals surface area contributed by atoms with Gasteiger partial charge in [-0.25, -0.2) is 4.79 Å². The summed E-state index contributed by atoms with van der Waals surface area (Å²) in [4.78, 5) is 23.1. The zero-order chi connectivity index (χ0) is 16.8. The molecule has 22 heavy (non-hydrogen) atoms. The molecule has 0 heterocycles. The van der Waals surface area contributed by atoms with Gasteiger partial charge >= 0.3 is 5.97 Å². The molecule has 1 amide bonds. The Labute approximate surface area is 132 Å². The van der Waals surface area contributed by atoms with Crippen LogP contribution in [0.4, 0.5) is 0 Å². The first kappa shape index (κ1) is 18.9. The van der Waals surface area contributed by atoms with E-state index in [2.05, 4.69) is 30.8 Å². The number of methoxy groups -OCH3 is 1. The second-order valence-electron chi connectivity index (χ2n) is 6.66. The topological polar surface area (TPSA) is 84.9 Å². The number of carbonyl (C=O) groups is 2. The maximum absolute atomic E-state index is 11.8. The van der Waals surface area contributed by atoms with Crippen LogP contribution in [0.2, 0.25) is 0 Å². The van der Waals surface area contributed by atoms with E-state index in [-0.39, 0.29) is 18.1 Å². The number of nitrogens with one attached hydrogen (secondary N) is 1. The van der Waals surface area contributed by atoms with Crippen LogP contribution in [0.5, 0.6) is 0 Å². The summed E-state index contributed by atoms with van der Waals surface area (Å²) in [6, 6.07) is -1.03. The molecule has 1 saturated carbocycles. The molecule has 1 aliphatic rings. The van der Waals surface area contributed by atoms with Crippen molar-refractivity contribution in [2.24, 2.45) is 11.3 Å². The Morgan fingerprint density at radius 2 is 2.09 bits per heavy atom. The van der Waals surface area contributed by atoms with Gasteiger partial charge in [0.15, 0.2) is 6.04 Å². The minimum absolute atomic E-state index is 0.0672. The highest BCUT2D eigenvalue weighted by atomic mass is 16.5. The van der Waals surface area contributed by atoms with Crippen molar-refractivity contribution >= 4 is 11.9 Å². The number of amides is 1. The molecule has 1 fully saturated rings. The van der Waals surface area contributed by atoms with Crippen molar-refractivity contribution in [1.29, 1.82) is 0 Å². The summed E-state index contributed by atoms with van der Waals surface area (Å²) >= 11 is 0. The van der Waals surface area contributed by atoms with Crippen molar-refractivity contribution in [3.8, 4) is 0 Å². The number of hydrogen-bond acceptors (Lipinski definition) is 5. The number of aliphatic hydroxyl groups is 1. The SMILES string of the molecule is COC(=O)[C@@H](CO)NC(=O)COC1CCCC(C)(C(C)C)C1. The molecular formula is C16H29NO5. The molecule has 0 spiro atoms. The van der Waals surface area contributed by atoms with Gasteiger partial charge in [0, 0.05) is 0 Å². The number of rotatable bonds is 7. The van der Waals surface area contributed by atoms with Gasteiger partial charge in [-0.2, -0.15) is 0 Å². The summed E-state index contributed by atoms with van der Waals surface area (Å²) in [6.07, 6.45) is 4.25. The van der Waals surface area contributed by atoms with E-state index in [4.69, 9.17) is 9.84 Å². The minimum atomic E-state index is -1.03. The highest BCUT2D eigenvalue weighted by Gasteiger charge is 2.35. The van der Waals surface area contributed by atoms with Crippen LogP contribution in [0, 0.1) is 11.3 Å². The molecule has 3 atom stereocenters. The average Bonchev–Trinajstić information content (AvgIpc) is 2.49. The van der Waals surface area contributed by atoms with E-state index in [1.54, 1.807) is 0 Å². The van der Waals surface area contributed by atoms with Gasteiger partial charge in [0.05, 0.1) is 19.8 Å². The van der Waals surface area contributed by atoms with Crippen LogP contribution in [0.1, 0.15) is 46.5 Å². The summed E-state index contributed by atoms with van der Waals surface area (Å²) in [5.41, 5.74) is 0.249. The lowest BCUT2D eigenvalue weighted by Gasteiger charge is -2.41. The molecule has 1 rings (SSSR count). The summed E-state index contributed by atoms with van der Waals surface area (Å²) in [7, 11) is 1.21. The normalized spacial score (nSPS) is 26.5. The summed E-state index contributed by atoms with van der Waals surface area (Å²) in [6.45, 7) is 6.11. The van der Waals surface area contributed by atoms with Gasteiger partial charge in [0.25, 0.3) is 0 Å². The molecule has 0 aromatic heterocycles. The molecule has 2 unspecified atom stereocenters. The van der Waals surface area contributed by atoms with Gasteiger partial charge in [-0.05, 0) is 30.6 Å². The van der Waals surface area contributed by atoms with E-state index in [0.717, 1.165) is 19.3 Å². The van der Waals surface area contributed by atoms with Crippen LogP contribution in [0.25, 0.3) is 0 Å². The summed E-state index contributed by atoms with van der Waals surface area (Å²) in [5.74, 6) is -0.506. The third kappa shape index (κ3) is 5.25. The Hall–Kier alpha value is -1.14. The number of carbonyl (C=O) groups excluding carboxylic acids is 2. The highest BCUT2D eigenvalue weighted by molar-refractivity contribution is 5.85. The predicted molar refractivity (Wildman–Crippen MR) is 82.2 cm³/mol. The molecule has 6 heteroatoms. The van der Waals surface area contributed by atoms with Crippen LogP contribution < -0.4 is 5.32 Å². The van der Waals surface area contributed by atoms with Gasteiger partial charge in [0.1, 0.15) is 6.61 Å². The highest BCUT2D eigenvalue weighted by Crippen LogP contribution is 2.42. The van der Waals surface area contributed by atoms with Crippen LogP contribution in [-0.4, -0.2) is 49.5 Å². The molecule has 0 radical (unpaired) electrons. The van der Waals surface area contributed by atoms with E-state index < -0.39 is 24.5 Å². The molecule has 2 N–H and O–H groups in total. The quantitative estimate of drug-likeness (QED) is 0.691. The molecule has 128 valence electrons. The zero-order valence-electron chi connectivity index (χ0n) is 14.1. The lowest BCUT2D eigenvalue weighted by molar-refractivity contribution is -0.147. The van der Waals surface area contributed by atoms with E-state index in [0.29, 0.717) is 5.92 Å².